The Bertz CT molecular complexity index is 1000. The second-order valence-corrected chi connectivity index (χ2v) is 9.28. The summed E-state index contributed by atoms with van der Waals surface area (Å²) in [7, 11) is 0. The Hall–Kier alpha value is -1.82. The predicted octanol–water partition coefficient (Wildman–Crippen LogP) is 8.86. The summed E-state index contributed by atoms with van der Waals surface area (Å²) >= 11 is 0. The Labute approximate surface area is 209 Å². The van der Waals surface area contributed by atoms with Gasteiger partial charge in [-0.3, -0.25) is 0 Å². The molecule has 0 aliphatic carbocycles. The Kier molecular flexibility index (Phi) is 9.81. The summed E-state index contributed by atoms with van der Waals surface area (Å²) in [6.45, 7) is 13.1. The Balaban J connectivity index is 0.00000363. The molecule has 0 spiro atoms. The van der Waals surface area contributed by atoms with Crippen molar-refractivity contribution in [1.82, 2.24) is 0 Å². The van der Waals surface area contributed by atoms with Crippen molar-refractivity contribution < 1.29 is 25.1 Å². The molecule has 0 atom stereocenters. The second-order valence-electron chi connectivity index (χ2n) is 9.28. The van der Waals surface area contributed by atoms with Gasteiger partial charge in [-0.05, 0) is 77.6 Å². The molecule has 2 aromatic carbocycles. The molecule has 0 amide bonds. The number of rotatable bonds is 9. The molecule has 0 bridgehead atoms. The molecule has 32 heavy (non-hydrogen) atoms. The zero-order valence-corrected chi connectivity index (χ0v) is 22.2. The zero-order valence-electron chi connectivity index (χ0n) is 20.6. The molecule has 3 rings (SSSR count). The van der Waals surface area contributed by atoms with Gasteiger partial charge in [0.25, 0.3) is 0 Å². The molecular weight excluding hydrogens is 483 g/mol. The third kappa shape index (κ3) is 5.95. The molecule has 2 aromatic rings. The van der Waals surface area contributed by atoms with Gasteiger partial charge in [0.05, 0.1) is 0 Å². The number of allylic oxidation sites excluding steroid dienone is 2. The maximum atomic E-state index is 11.6. The largest absolute Gasteiger partial charge is 0.493 e. The topological polar surface area (TPSA) is 25.3 Å². The van der Waals surface area contributed by atoms with E-state index in [-0.39, 0.29) is 20.4 Å². The molecule has 0 saturated heterocycles. The molecule has 1 aliphatic heterocycles. The standard InChI is InChI=1S/C29H38N2.Pd/c1-7-9-11-13-27-26(12-10-8-2)28(24-16-20(3)14-21(4)17-24)31(30)29(27)25-18-22(5)15-23(6)19-25;/h14-19H,7-13H2,1-6H3;. The van der Waals surface area contributed by atoms with Crippen molar-refractivity contribution in [1.29, 1.82) is 0 Å². The van der Waals surface area contributed by atoms with Crippen molar-refractivity contribution in [2.75, 3.05) is 0 Å². The van der Waals surface area contributed by atoms with Gasteiger partial charge in [0, 0.05) is 42.7 Å². The van der Waals surface area contributed by atoms with Gasteiger partial charge in [0.15, 0.2) is 0 Å². The van der Waals surface area contributed by atoms with Crippen LogP contribution in [0.1, 0.15) is 92.2 Å². The summed E-state index contributed by atoms with van der Waals surface area (Å²) in [6.07, 6.45) is 7.88. The average Bonchev–Trinajstić information content (AvgIpc) is 2.96. The monoisotopic (exact) mass is 520 g/mol. The Morgan fingerprint density at radius 3 is 1.34 bits per heavy atom. The first-order valence-corrected chi connectivity index (χ1v) is 12.0. The van der Waals surface area contributed by atoms with E-state index in [4.69, 9.17) is 0 Å². The van der Waals surface area contributed by atoms with Crippen molar-refractivity contribution in [2.45, 2.75) is 86.5 Å². The van der Waals surface area contributed by atoms with Crippen molar-refractivity contribution in [3.05, 3.63) is 86.5 Å². The minimum Gasteiger partial charge on any atom is -0.493 e. The number of unbranched alkanes of at least 4 members (excludes halogenated alkanes) is 3. The molecule has 0 unspecified atom stereocenters. The normalized spacial score (nSPS) is 13.8. The van der Waals surface area contributed by atoms with Gasteiger partial charge < -0.3 is 5.53 Å². The number of hydrogen-bond acceptors (Lipinski definition) is 0. The van der Waals surface area contributed by atoms with E-state index in [2.05, 4.69) is 77.9 Å². The van der Waals surface area contributed by atoms with Gasteiger partial charge in [-0.2, -0.15) is 0 Å². The third-order valence-electron chi connectivity index (χ3n) is 6.16. The molecule has 0 saturated carbocycles. The van der Waals surface area contributed by atoms with Crippen LogP contribution in [0, 0.1) is 27.7 Å². The molecule has 0 N–H and O–H groups in total. The summed E-state index contributed by atoms with van der Waals surface area (Å²) < 4.78 is 1.51. The van der Waals surface area contributed by atoms with Gasteiger partial charge in [-0.1, -0.05) is 67.5 Å². The van der Waals surface area contributed by atoms with Crippen LogP contribution in [0.2, 0.25) is 0 Å². The fraction of sp³-hybridized carbons (Fsp3) is 0.448. The van der Waals surface area contributed by atoms with Crippen LogP contribution in [0.5, 0.6) is 0 Å². The number of hydrogen-bond donors (Lipinski definition) is 0. The molecule has 2 nitrogen and oxygen atoms in total. The number of aryl methyl sites for hydroxylation is 4. The fourth-order valence-corrected chi connectivity index (χ4v) is 4.91. The van der Waals surface area contributed by atoms with Gasteiger partial charge in [-0.15, -0.1) is 0 Å². The van der Waals surface area contributed by atoms with E-state index in [1.807, 2.05) is 0 Å². The molecule has 1 heterocycles. The van der Waals surface area contributed by atoms with Crippen LogP contribution in [-0.4, -0.2) is 4.70 Å². The van der Waals surface area contributed by atoms with E-state index < -0.39 is 0 Å². The summed E-state index contributed by atoms with van der Waals surface area (Å²) in [4.78, 5) is 0. The summed E-state index contributed by atoms with van der Waals surface area (Å²) in [5.74, 6) is 0. The van der Waals surface area contributed by atoms with Gasteiger partial charge in [0.1, 0.15) is 0 Å². The van der Waals surface area contributed by atoms with Gasteiger partial charge >= 0.3 is 0 Å². The molecule has 0 fully saturated rings. The van der Waals surface area contributed by atoms with E-state index in [9.17, 15) is 5.53 Å². The Morgan fingerprint density at radius 2 is 0.969 bits per heavy atom. The summed E-state index contributed by atoms with van der Waals surface area (Å²) in [5.41, 5.74) is 23.5. The summed E-state index contributed by atoms with van der Waals surface area (Å²) in [5, 5.41) is 0. The first-order valence-electron chi connectivity index (χ1n) is 12.0. The fourth-order valence-electron chi connectivity index (χ4n) is 4.91. The van der Waals surface area contributed by atoms with Crippen molar-refractivity contribution in [3.63, 3.8) is 0 Å². The predicted molar refractivity (Wildman–Crippen MR) is 133 cm³/mol. The maximum Gasteiger partial charge on any atom is 0.211 e. The minimum atomic E-state index is 0. The zero-order chi connectivity index (χ0) is 22.5. The van der Waals surface area contributed by atoms with E-state index in [1.54, 1.807) is 0 Å². The van der Waals surface area contributed by atoms with Crippen molar-refractivity contribution >= 4 is 11.4 Å². The molecule has 3 heteroatoms. The summed E-state index contributed by atoms with van der Waals surface area (Å²) in [6, 6.07) is 13.3. The van der Waals surface area contributed by atoms with E-state index in [0.717, 1.165) is 54.6 Å². The van der Waals surface area contributed by atoms with Crippen LogP contribution in [0.25, 0.3) is 16.9 Å². The third-order valence-corrected chi connectivity index (χ3v) is 6.16. The number of nitrogens with zero attached hydrogens (tertiary/aromatic N) is 2. The second kappa shape index (κ2) is 11.9. The first kappa shape index (κ1) is 26.4. The maximum absolute atomic E-state index is 11.6. The molecule has 0 aromatic heterocycles. The van der Waals surface area contributed by atoms with Crippen LogP contribution >= 0.6 is 0 Å². The van der Waals surface area contributed by atoms with E-state index in [0.29, 0.717) is 0 Å². The van der Waals surface area contributed by atoms with E-state index in [1.165, 1.54) is 50.9 Å². The van der Waals surface area contributed by atoms with Gasteiger partial charge in [0.2, 0.25) is 11.4 Å². The average molecular weight is 521 g/mol. The van der Waals surface area contributed by atoms with Crippen LogP contribution < -0.4 is 0 Å². The quantitative estimate of drug-likeness (QED) is 0.179. The molecule has 174 valence electrons. The molecule has 1 aliphatic rings. The molecule has 0 radical (unpaired) electrons. The van der Waals surface area contributed by atoms with Crippen LogP contribution in [-0.2, 0) is 20.4 Å². The van der Waals surface area contributed by atoms with Gasteiger partial charge in [-0.25, -0.2) is 4.70 Å². The van der Waals surface area contributed by atoms with Crippen molar-refractivity contribution in [2.24, 2.45) is 0 Å². The van der Waals surface area contributed by atoms with Crippen LogP contribution in [0.4, 0.5) is 0 Å². The Morgan fingerprint density at radius 1 is 0.594 bits per heavy atom. The van der Waals surface area contributed by atoms with Crippen molar-refractivity contribution in [3.8, 4) is 0 Å². The molecular formula is C29H38N2Pd. The first-order chi connectivity index (χ1) is 14.8. The van der Waals surface area contributed by atoms with Crippen LogP contribution in [0.3, 0.4) is 0 Å². The SMILES string of the molecule is CCCCCC1=C(c2cc(C)cc(C)c2)[N+](=[N-])C(c2cc(C)cc(C)c2)=C1CCCC.[Pd]. The number of benzene rings is 2. The van der Waals surface area contributed by atoms with E-state index >= 15 is 0 Å². The smallest absolute Gasteiger partial charge is 0.211 e. The minimum absolute atomic E-state index is 0. The van der Waals surface area contributed by atoms with Crippen LogP contribution in [0.15, 0.2) is 47.5 Å².